The summed E-state index contributed by atoms with van der Waals surface area (Å²) in [5.74, 6) is -0.705. The normalized spacial score (nSPS) is 24.1. The van der Waals surface area contributed by atoms with Gasteiger partial charge in [-0.2, -0.15) is 26.3 Å². The standard InChI is InChI=1S/C20H14ClF8NO2S/c21-30-8-7-17(33(31,32)14-4-2-13(22)3-5-14)15-6-1-12(9-11(15)10-16(17)30)18(23,19(24,25)26)20(27,28)29/h1-6,9,16H,7-8,10H2. The summed E-state index contributed by atoms with van der Waals surface area (Å²) in [6, 6.07) is 4.31. The van der Waals surface area contributed by atoms with E-state index in [0.29, 0.717) is 12.1 Å². The molecule has 2 atom stereocenters. The van der Waals surface area contributed by atoms with Gasteiger partial charge in [-0.15, -0.1) is 0 Å². The molecule has 0 N–H and O–H groups in total. The fraction of sp³-hybridized carbons (Fsp3) is 0.400. The number of halogens is 9. The maximum absolute atomic E-state index is 14.6. The van der Waals surface area contributed by atoms with Crippen LogP contribution in [0, 0.1) is 5.82 Å². The number of sulfone groups is 1. The maximum atomic E-state index is 14.6. The molecule has 2 aliphatic rings. The molecule has 2 aromatic rings. The van der Waals surface area contributed by atoms with Crippen molar-refractivity contribution in [2.45, 2.75) is 46.5 Å². The topological polar surface area (TPSA) is 37.4 Å². The van der Waals surface area contributed by atoms with E-state index in [4.69, 9.17) is 11.8 Å². The number of nitrogens with zero attached hydrogens (tertiary/aromatic N) is 1. The van der Waals surface area contributed by atoms with Gasteiger partial charge in [0.05, 0.1) is 10.9 Å². The highest BCUT2D eigenvalue weighted by molar-refractivity contribution is 7.92. The zero-order valence-corrected chi connectivity index (χ0v) is 17.9. The SMILES string of the molecule is O=S(=O)(c1ccc(F)cc1)C12CCN(Cl)C1Cc1cc(C(F)(C(F)(F)F)C(F)(F)F)ccc12. The van der Waals surface area contributed by atoms with Crippen LogP contribution in [0.4, 0.5) is 35.1 Å². The molecular weight excluding hydrogens is 506 g/mol. The molecule has 1 fully saturated rings. The highest BCUT2D eigenvalue weighted by atomic mass is 35.5. The quantitative estimate of drug-likeness (QED) is 0.302. The van der Waals surface area contributed by atoms with Gasteiger partial charge in [0.1, 0.15) is 10.6 Å². The van der Waals surface area contributed by atoms with Crippen LogP contribution in [0.3, 0.4) is 0 Å². The average molecular weight is 520 g/mol. The van der Waals surface area contributed by atoms with E-state index in [0.717, 1.165) is 34.8 Å². The van der Waals surface area contributed by atoms with Crippen molar-refractivity contribution >= 4 is 21.6 Å². The Labute approximate surface area is 188 Å². The predicted molar refractivity (Wildman–Crippen MR) is 101 cm³/mol. The van der Waals surface area contributed by atoms with Crippen molar-refractivity contribution in [3.8, 4) is 0 Å². The minimum atomic E-state index is -6.30. The van der Waals surface area contributed by atoms with Crippen LogP contribution < -0.4 is 0 Å². The van der Waals surface area contributed by atoms with Crippen LogP contribution in [0.2, 0.25) is 0 Å². The fourth-order valence-electron chi connectivity index (χ4n) is 4.77. The third kappa shape index (κ3) is 3.20. The maximum Gasteiger partial charge on any atom is 0.435 e. The number of fused-ring (bicyclic) bond motifs is 3. The molecule has 0 bridgehead atoms. The Morgan fingerprint density at radius 1 is 0.939 bits per heavy atom. The van der Waals surface area contributed by atoms with Gasteiger partial charge in [-0.1, -0.05) is 18.2 Å². The lowest BCUT2D eigenvalue weighted by atomic mass is 9.90. The van der Waals surface area contributed by atoms with Crippen LogP contribution in [0.5, 0.6) is 0 Å². The van der Waals surface area contributed by atoms with Gasteiger partial charge in [0, 0.05) is 12.1 Å². The summed E-state index contributed by atoms with van der Waals surface area (Å²) < 4.78 is 134. The van der Waals surface area contributed by atoms with E-state index in [-0.39, 0.29) is 35.4 Å². The molecule has 4 rings (SSSR count). The third-order valence-electron chi connectivity index (χ3n) is 6.33. The summed E-state index contributed by atoms with van der Waals surface area (Å²) in [5.41, 5.74) is -7.59. The Morgan fingerprint density at radius 3 is 2.06 bits per heavy atom. The van der Waals surface area contributed by atoms with Crippen LogP contribution in [0.15, 0.2) is 47.4 Å². The minimum absolute atomic E-state index is 0.0598. The zero-order chi connectivity index (χ0) is 24.6. The summed E-state index contributed by atoms with van der Waals surface area (Å²) in [4.78, 5) is -0.289. The lowest BCUT2D eigenvalue weighted by Gasteiger charge is -2.32. The smallest absolute Gasteiger partial charge is 0.223 e. The van der Waals surface area contributed by atoms with Crippen LogP contribution in [-0.2, 0) is 26.7 Å². The number of benzene rings is 2. The van der Waals surface area contributed by atoms with Crippen LogP contribution in [0.1, 0.15) is 23.1 Å². The second-order valence-corrected chi connectivity index (χ2v) is 10.6. The molecule has 0 aromatic heterocycles. The molecule has 1 saturated heterocycles. The van der Waals surface area contributed by atoms with Gasteiger partial charge in [-0.3, -0.25) is 0 Å². The van der Waals surface area contributed by atoms with Crippen molar-refractivity contribution in [1.82, 2.24) is 4.42 Å². The Hall–Kier alpha value is -1.92. The van der Waals surface area contributed by atoms with Gasteiger partial charge in [0.2, 0.25) is 0 Å². The number of alkyl halides is 7. The first-order valence-corrected chi connectivity index (χ1v) is 11.3. The second kappa shape index (κ2) is 7.29. The number of hydrogen-bond acceptors (Lipinski definition) is 3. The Bertz CT molecular complexity index is 1180. The monoisotopic (exact) mass is 519 g/mol. The highest BCUT2D eigenvalue weighted by Gasteiger charge is 2.74. The van der Waals surface area contributed by atoms with Crippen molar-refractivity contribution in [1.29, 1.82) is 0 Å². The average Bonchev–Trinajstić information content (AvgIpc) is 3.21. The van der Waals surface area contributed by atoms with E-state index in [2.05, 4.69) is 0 Å². The van der Waals surface area contributed by atoms with Crippen LogP contribution in [0.25, 0.3) is 0 Å². The molecule has 180 valence electrons. The third-order valence-corrected chi connectivity index (χ3v) is 9.28. The highest BCUT2D eigenvalue weighted by Crippen LogP contribution is 2.57. The summed E-state index contributed by atoms with van der Waals surface area (Å²) in [6.45, 7) is 0.0615. The van der Waals surface area contributed by atoms with E-state index in [1.165, 1.54) is 0 Å². The minimum Gasteiger partial charge on any atom is -0.223 e. The Kier molecular flexibility index (Phi) is 5.35. The molecule has 1 heterocycles. The van der Waals surface area contributed by atoms with Crippen LogP contribution >= 0.6 is 11.8 Å². The molecule has 0 radical (unpaired) electrons. The van der Waals surface area contributed by atoms with Gasteiger partial charge < -0.3 is 0 Å². The lowest BCUT2D eigenvalue weighted by molar-refractivity contribution is -0.348. The van der Waals surface area contributed by atoms with E-state index in [9.17, 15) is 43.5 Å². The molecule has 0 amide bonds. The second-order valence-electron chi connectivity index (χ2n) is 7.97. The molecule has 3 nitrogen and oxygen atoms in total. The Balaban J connectivity index is 1.92. The van der Waals surface area contributed by atoms with Crippen molar-refractivity contribution < 1.29 is 43.5 Å². The van der Waals surface area contributed by atoms with Crippen molar-refractivity contribution in [2.75, 3.05) is 6.54 Å². The van der Waals surface area contributed by atoms with Crippen molar-refractivity contribution in [3.63, 3.8) is 0 Å². The van der Waals surface area contributed by atoms with E-state index < -0.39 is 50.0 Å². The van der Waals surface area contributed by atoms with E-state index in [1.54, 1.807) is 0 Å². The van der Waals surface area contributed by atoms with E-state index >= 15 is 0 Å². The van der Waals surface area contributed by atoms with Crippen molar-refractivity contribution in [2.24, 2.45) is 0 Å². The molecule has 0 spiro atoms. The Morgan fingerprint density at radius 2 is 1.52 bits per heavy atom. The molecule has 33 heavy (non-hydrogen) atoms. The molecule has 1 aliphatic carbocycles. The first kappa shape index (κ1) is 24.2. The zero-order valence-electron chi connectivity index (χ0n) is 16.3. The number of rotatable bonds is 3. The van der Waals surface area contributed by atoms with Gasteiger partial charge in [-0.05, 0) is 60.0 Å². The van der Waals surface area contributed by atoms with Crippen molar-refractivity contribution in [3.05, 3.63) is 65.0 Å². The van der Waals surface area contributed by atoms with Gasteiger partial charge in [-0.25, -0.2) is 21.6 Å². The van der Waals surface area contributed by atoms with Gasteiger partial charge in [0.25, 0.3) is 0 Å². The first-order chi connectivity index (χ1) is 15.1. The molecule has 2 unspecified atom stereocenters. The van der Waals surface area contributed by atoms with Gasteiger partial charge >= 0.3 is 18.0 Å². The first-order valence-electron chi connectivity index (χ1n) is 9.46. The molecule has 1 aliphatic heterocycles. The molecule has 13 heteroatoms. The molecule has 2 aromatic carbocycles. The summed E-state index contributed by atoms with van der Waals surface area (Å²) in [5, 5.41) is 0. The number of hydrogen-bond donors (Lipinski definition) is 0. The van der Waals surface area contributed by atoms with E-state index in [1.807, 2.05) is 0 Å². The summed E-state index contributed by atoms with van der Waals surface area (Å²) >= 11 is 6.16. The summed E-state index contributed by atoms with van der Waals surface area (Å²) in [6.07, 6.45) is -13.0. The fourth-order valence-corrected chi connectivity index (χ4v) is 7.48. The van der Waals surface area contributed by atoms with Gasteiger partial charge in [0.15, 0.2) is 9.84 Å². The largest absolute Gasteiger partial charge is 0.435 e. The molecular formula is C20H14ClF8NO2S. The lowest BCUT2D eigenvalue weighted by Crippen LogP contribution is -2.50. The predicted octanol–water partition coefficient (Wildman–Crippen LogP) is 5.57. The molecule has 0 saturated carbocycles. The summed E-state index contributed by atoms with van der Waals surface area (Å²) in [7, 11) is -4.34. The van der Waals surface area contributed by atoms with Crippen LogP contribution in [-0.4, -0.2) is 37.8 Å².